The van der Waals surface area contributed by atoms with Gasteiger partial charge in [-0.15, -0.1) is 0 Å². The van der Waals surface area contributed by atoms with Gasteiger partial charge in [-0.2, -0.15) is 0 Å². The van der Waals surface area contributed by atoms with Crippen LogP contribution in [-0.2, 0) is 26.6 Å². The minimum atomic E-state index is -3.93. The van der Waals surface area contributed by atoms with Gasteiger partial charge in [0.05, 0.1) is 36.4 Å². The lowest BCUT2D eigenvalue weighted by Gasteiger charge is -2.46. The van der Waals surface area contributed by atoms with Crippen molar-refractivity contribution in [2.45, 2.75) is 82.2 Å². The number of aliphatic hydroxyl groups is 1. The van der Waals surface area contributed by atoms with Crippen molar-refractivity contribution >= 4 is 33.2 Å². The van der Waals surface area contributed by atoms with Crippen LogP contribution in [0.1, 0.15) is 74.4 Å². The molecule has 0 saturated heterocycles. The average molecular weight is 657 g/mol. The van der Waals surface area contributed by atoms with Gasteiger partial charge in [0.15, 0.2) is 0 Å². The first-order valence-corrected chi connectivity index (χ1v) is 18.2. The number of aliphatic hydroxyl groups excluding tert-OH is 1. The zero-order valence-electron chi connectivity index (χ0n) is 26.4. The van der Waals surface area contributed by atoms with Gasteiger partial charge >= 0.3 is 0 Å². The Morgan fingerprint density at radius 3 is 2.78 bits per heavy atom. The smallest absolute Gasteiger partial charge is 0.264 e. The maximum absolute atomic E-state index is 13.4. The lowest BCUT2D eigenvalue weighted by molar-refractivity contribution is -0.0437. The number of halogens is 1. The zero-order valence-corrected chi connectivity index (χ0v) is 27.9. The second-order valence-electron chi connectivity index (χ2n) is 13.8. The summed E-state index contributed by atoms with van der Waals surface area (Å²) in [6.07, 6.45) is 8.82. The summed E-state index contributed by atoms with van der Waals surface area (Å²) in [4.78, 5) is 15.8. The van der Waals surface area contributed by atoms with E-state index < -0.39 is 27.3 Å². The van der Waals surface area contributed by atoms with Crippen molar-refractivity contribution in [1.82, 2.24) is 4.72 Å². The number of carbonyl (C=O) groups excluding carboxylic acids is 1. The predicted molar refractivity (Wildman–Crippen MR) is 177 cm³/mol. The fourth-order valence-corrected chi connectivity index (χ4v) is 9.05. The predicted octanol–water partition coefficient (Wildman–Crippen LogP) is 5.65. The maximum atomic E-state index is 13.4. The van der Waals surface area contributed by atoms with Gasteiger partial charge in [0.25, 0.3) is 5.91 Å². The molecular weight excluding hydrogens is 612 g/mol. The molecule has 244 valence electrons. The fraction of sp³-hybridized carbons (Fsp3) is 0.571. The Hall–Kier alpha value is -2.59. The van der Waals surface area contributed by atoms with Crippen LogP contribution in [0.15, 0.2) is 48.6 Å². The quantitative estimate of drug-likeness (QED) is 0.412. The Labute approximate surface area is 272 Å². The molecule has 2 aromatic rings. The number of nitrogens with one attached hydrogen (secondary N) is 1. The number of sulfonamides is 1. The maximum Gasteiger partial charge on any atom is 0.264 e. The third-order valence-electron chi connectivity index (χ3n) is 10.5. The van der Waals surface area contributed by atoms with Gasteiger partial charge < -0.3 is 19.5 Å². The molecule has 2 aliphatic heterocycles. The van der Waals surface area contributed by atoms with Gasteiger partial charge in [0, 0.05) is 29.1 Å². The van der Waals surface area contributed by atoms with Gasteiger partial charge in [-0.1, -0.05) is 36.7 Å². The lowest BCUT2D eigenvalue weighted by atomic mass is 9.68. The molecular formula is C35H45ClN2O6S. The van der Waals surface area contributed by atoms with Crippen LogP contribution in [-0.4, -0.2) is 63.2 Å². The molecule has 0 aromatic heterocycles. The number of hydrogen-bond donors (Lipinski definition) is 2. The lowest BCUT2D eigenvalue weighted by Crippen LogP contribution is -2.50. The summed E-state index contributed by atoms with van der Waals surface area (Å²) >= 11 is 6.42. The standard InChI is InChI=1S/C35H45ClN2O6S/c1-22-6-4-8-32(43-19-23(2)39)29-12-9-27(29)18-38-20-35(15-5-7-25-16-28(36)11-13-30(25)35)21-44-33-14-10-26(17-31(33)38)34(40)37-45(41,42)24(22)3/h4,8,10-11,13-14,16-17,22-24,27,29,32,39H,5-7,9,12,15,18-21H2,1-3H3,(H,37,40)/b8-4-/t22-,23+,24+,27-,29+,32-,35-/m0/s1. The number of allylic oxidation sites excluding steroid dienone is 1. The van der Waals surface area contributed by atoms with Crippen LogP contribution in [0, 0.1) is 17.8 Å². The summed E-state index contributed by atoms with van der Waals surface area (Å²) in [5.74, 6) is 0.399. The second-order valence-corrected chi connectivity index (χ2v) is 16.2. The molecule has 7 atom stereocenters. The molecule has 45 heavy (non-hydrogen) atoms. The molecule has 2 aromatic carbocycles. The van der Waals surface area contributed by atoms with Crippen LogP contribution in [0.4, 0.5) is 5.69 Å². The highest BCUT2D eigenvalue weighted by Gasteiger charge is 2.44. The molecule has 1 amide bonds. The van der Waals surface area contributed by atoms with Crippen molar-refractivity contribution in [1.29, 1.82) is 0 Å². The van der Waals surface area contributed by atoms with E-state index in [1.54, 1.807) is 32.0 Å². The van der Waals surface area contributed by atoms with E-state index >= 15 is 0 Å². The van der Waals surface area contributed by atoms with Gasteiger partial charge in [0.2, 0.25) is 10.0 Å². The number of carbonyl (C=O) groups is 1. The molecule has 8 nitrogen and oxygen atoms in total. The first-order valence-electron chi connectivity index (χ1n) is 16.3. The van der Waals surface area contributed by atoms with Crippen LogP contribution in [0.2, 0.25) is 5.02 Å². The molecule has 6 rings (SSSR count). The molecule has 0 unspecified atom stereocenters. The largest absolute Gasteiger partial charge is 0.490 e. The minimum Gasteiger partial charge on any atom is -0.490 e. The van der Waals surface area contributed by atoms with Crippen LogP contribution < -0.4 is 14.4 Å². The molecule has 0 radical (unpaired) electrons. The SMILES string of the molecule is C[C@@H]1[C@@H](C)C/C=C\[C@H](OC[C@@H](C)O)[C@@H]2CC[C@H]2CN2C[C@@]3(CCCc4cc(Cl)ccc43)COc3ccc(cc32)C(=O)NS1(=O)=O. The third kappa shape index (κ3) is 6.64. The van der Waals surface area contributed by atoms with Crippen molar-refractivity contribution in [2.75, 3.05) is 31.2 Å². The molecule has 1 saturated carbocycles. The van der Waals surface area contributed by atoms with E-state index in [-0.39, 0.29) is 35.5 Å². The van der Waals surface area contributed by atoms with Gasteiger partial charge in [-0.3, -0.25) is 4.79 Å². The van der Waals surface area contributed by atoms with Gasteiger partial charge in [-0.25, -0.2) is 13.1 Å². The van der Waals surface area contributed by atoms with E-state index in [0.29, 0.717) is 31.2 Å². The van der Waals surface area contributed by atoms with Gasteiger partial charge in [0.1, 0.15) is 5.75 Å². The van der Waals surface area contributed by atoms with Crippen molar-refractivity contribution in [3.63, 3.8) is 0 Å². The van der Waals surface area contributed by atoms with Crippen LogP contribution in [0.25, 0.3) is 0 Å². The molecule has 10 heteroatoms. The molecule has 1 fully saturated rings. The highest BCUT2D eigenvalue weighted by atomic mass is 35.5. The Kier molecular flexibility index (Phi) is 9.27. The molecule has 2 aliphatic carbocycles. The van der Waals surface area contributed by atoms with E-state index in [1.807, 2.05) is 19.1 Å². The summed E-state index contributed by atoms with van der Waals surface area (Å²) in [7, 11) is -3.93. The Balaban J connectivity index is 1.42. The Morgan fingerprint density at radius 2 is 2.02 bits per heavy atom. The number of amides is 1. The molecule has 1 spiro atoms. The summed E-state index contributed by atoms with van der Waals surface area (Å²) in [5, 5.41) is 9.98. The summed E-state index contributed by atoms with van der Waals surface area (Å²) < 4.78 is 41.8. The normalized spacial score (nSPS) is 32.6. The summed E-state index contributed by atoms with van der Waals surface area (Å²) in [6, 6.07) is 11.4. The van der Waals surface area contributed by atoms with Crippen molar-refractivity contribution < 1.29 is 27.8 Å². The van der Waals surface area contributed by atoms with E-state index in [2.05, 4.69) is 27.8 Å². The summed E-state index contributed by atoms with van der Waals surface area (Å²) in [6.45, 7) is 7.41. The number of fused-ring (bicyclic) bond motifs is 4. The number of anilines is 1. The number of nitrogens with zero attached hydrogens (tertiary/aromatic N) is 1. The second kappa shape index (κ2) is 12.9. The highest BCUT2D eigenvalue weighted by Crippen LogP contribution is 2.47. The molecule has 2 heterocycles. The van der Waals surface area contributed by atoms with Crippen LogP contribution in [0.3, 0.4) is 0 Å². The number of benzene rings is 2. The van der Waals surface area contributed by atoms with Crippen LogP contribution >= 0.6 is 11.6 Å². The molecule has 2 bridgehead atoms. The first kappa shape index (κ1) is 32.4. The van der Waals surface area contributed by atoms with E-state index in [4.69, 9.17) is 21.1 Å². The topological polar surface area (TPSA) is 105 Å². The first-order chi connectivity index (χ1) is 21.5. The number of rotatable bonds is 3. The number of hydrogen-bond acceptors (Lipinski definition) is 7. The molecule has 2 N–H and O–H groups in total. The van der Waals surface area contributed by atoms with Crippen LogP contribution in [0.5, 0.6) is 5.75 Å². The van der Waals surface area contributed by atoms with Crippen molar-refractivity contribution in [2.24, 2.45) is 17.8 Å². The number of ether oxygens (including phenoxy) is 2. The summed E-state index contributed by atoms with van der Waals surface area (Å²) in [5.41, 5.74) is 3.33. The number of aryl methyl sites for hydroxylation is 1. The molecule has 4 aliphatic rings. The fourth-order valence-electron chi connectivity index (χ4n) is 7.57. The van der Waals surface area contributed by atoms with E-state index in [1.165, 1.54) is 11.1 Å². The monoisotopic (exact) mass is 656 g/mol. The minimum absolute atomic E-state index is 0.189. The van der Waals surface area contributed by atoms with E-state index in [0.717, 1.165) is 49.4 Å². The van der Waals surface area contributed by atoms with Gasteiger partial charge in [-0.05, 0) is 112 Å². The van der Waals surface area contributed by atoms with E-state index in [9.17, 15) is 18.3 Å². The average Bonchev–Trinajstić information content (AvgIpc) is 3.13. The third-order valence-corrected chi connectivity index (χ3v) is 12.7. The highest BCUT2D eigenvalue weighted by molar-refractivity contribution is 7.90. The Bertz CT molecular complexity index is 1560. The van der Waals surface area contributed by atoms with Crippen molar-refractivity contribution in [3.8, 4) is 5.75 Å². The van der Waals surface area contributed by atoms with Crippen molar-refractivity contribution in [3.05, 3.63) is 70.3 Å². The zero-order chi connectivity index (χ0) is 31.9. The Morgan fingerprint density at radius 1 is 1.20 bits per heavy atom.